The number of rotatable bonds is 2. The van der Waals surface area contributed by atoms with E-state index in [2.05, 4.69) is 56.3 Å². The van der Waals surface area contributed by atoms with E-state index >= 15 is 0 Å². The minimum atomic E-state index is -0.344. The lowest BCUT2D eigenvalue weighted by Gasteiger charge is -2.32. The van der Waals surface area contributed by atoms with E-state index in [0.717, 1.165) is 12.0 Å². The monoisotopic (exact) mass is 254 g/mol. The predicted octanol–water partition coefficient (Wildman–Crippen LogP) is 4.70. The first-order valence-electron chi connectivity index (χ1n) is 7.25. The third kappa shape index (κ3) is 2.17. The maximum atomic E-state index is 10.9. The van der Waals surface area contributed by atoms with Gasteiger partial charge in [0.05, 0.1) is 6.10 Å². The molecule has 1 fully saturated rings. The van der Waals surface area contributed by atoms with Crippen LogP contribution in [0.5, 0.6) is 0 Å². The van der Waals surface area contributed by atoms with Crippen molar-refractivity contribution in [1.82, 2.24) is 0 Å². The molecule has 0 radical (unpaired) electrons. The third-order valence-electron chi connectivity index (χ3n) is 4.86. The van der Waals surface area contributed by atoms with Gasteiger partial charge in [-0.3, -0.25) is 0 Å². The number of benzene rings is 2. The summed E-state index contributed by atoms with van der Waals surface area (Å²) in [6, 6.07) is 14.6. The van der Waals surface area contributed by atoms with Crippen LogP contribution in [0.15, 0.2) is 42.5 Å². The molecule has 2 aromatic carbocycles. The summed E-state index contributed by atoms with van der Waals surface area (Å²) in [5.74, 6) is 0.373. The zero-order valence-electron chi connectivity index (χ0n) is 11.8. The van der Waals surface area contributed by atoms with Gasteiger partial charge in [-0.1, -0.05) is 62.7 Å². The normalized spacial score (nSPS) is 23.6. The Morgan fingerprint density at radius 1 is 1.11 bits per heavy atom. The Balaban J connectivity index is 2.04. The van der Waals surface area contributed by atoms with Crippen molar-refractivity contribution in [3.8, 4) is 0 Å². The summed E-state index contributed by atoms with van der Waals surface area (Å²) in [4.78, 5) is 0. The fourth-order valence-electron chi connectivity index (χ4n) is 3.66. The van der Waals surface area contributed by atoms with Crippen molar-refractivity contribution >= 4 is 10.8 Å². The largest absolute Gasteiger partial charge is 0.388 e. The Labute approximate surface area is 115 Å². The van der Waals surface area contributed by atoms with Crippen LogP contribution in [0.4, 0.5) is 0 Å². The molecule has 0 spiro atoms. The lowest BCUT2D eigenvalue weighted by molar-refractivity contribution is 0.0542. The van der Waals surface area contributed by atoms with Crippen molar-refractivity contribution in [2.45, 2.75) is 39.2 Å². The summed E-state index contributed by atoms with van der Waals surface area (Å²) >= 11 is 0. The molecule has 1 aliphatic rings. The highest BCUT2D eigenvalue weighted by atomic mass is 16.3. The van der Waals surface area contributed by atoms with Crippen molar-refractivity contribution in [2.24, 2.45) is 11.3 Å². The van der Waals surface area contributed by atoms with Gasteiger partial charge in [0.2, 0.25) is 0 Å². The fraction of sp³-hybridized carbons (Fsp3) is 0.444. The molecule has 3 rings (SSSR count). The summed E-state index contributed by atoms with van der Waals surface area (Å²) in [6.45, 7) is 4.58. The van der Waals surface area contributed by atoms with Crippen LogP contribution in [0.3, 0.4) is 0 Å². The number of aliphatic hydroxyl groups excluding tert-OH is 1. The Kier molecular flexibility index (Phi) is 3.10. The van der Waals surface area contributed by atoms with E-state index in [1.165, 1.54) is 23.6 Å². The molecule has 1 heteroatoms. The van der Waals surface area contributed by atoms with Crippen LogP contribution in [-0.2, 0) is 0 Å². The summed E-state index contributed by atoms with van der Waals surface area (Å²) in [6.07, 6.45) is 3.25. The van der Waals surface area contributed by atoms with Gasteiger partial charge in [0, 0.05) is 0 Å². The molecule has 0 heterocycles. The maximum Gasteiger partial charge on any atom is 0.0829 e. The van der Waals surface area contributed by atoms with E-state index < -0.39 is 0 Å². The molecule has 2 atom stereocenters. The average molecular weight is 254 g/mol. The fourth-order valence-corrected chi connectivity index (χ4v) is 3.66. The number of fused-ring (bicyclic) bond motifs is 1. The molecule has 2 unspecified atom stereocenters. The van der Waals surface area contributed by atoms with E-state index in [4.69, 9.17) is 0 Å². The SMILES string of the molecule is CC1(C)CCCC1C(O)c1cccc2ccccc12. The molecule has 2 aromatic rings. The first-order valence-corrected chi connectivity index (χ1v) is 7.25. The molecule has 0 amide bonds. The highest BCUT2D eigenvalue weighted by Crippen LogP contribution is 2.49. The molecule has 1 N–H and O–H groups in total. The lowest BCUT2D eigenvalue weighted by atomic mass is 9.76. The van der Waals surface area contributed by atoms with Crippen molar-refractivity contribution < 1.29 is 5.11 Å². The molecule has 1 aliphatic carbocycles. The Bertz CT molecular complexity index is 580. The van der Waals surface area contributed by atoms with Crippen LogP contribution < -0.4 is 0 Å². The summed E-state index contributed by atoms with van der Waals surface area (Å²) in [5, 5.41) is 13.3. The molecule has 0 aromatic heterocycles. The summed E-state index contributed by atoms with van der Waals surface area (Å²) < 4.78 is 0. The highest BCUT2D eigenvalue weighted by Gasteiger charge is 2.39. The van der Waals surface area contributed by atoms with Crippen molar-refractivity contribution in [3.05, 3.63) is 48.0 Å². The number of hydrogen-bond donors (Lipinski definition) is 1. The van der Waals surface area contributed by atoms with E-state index in [0.29, 0.717) is 5.92 Å². The van der Waals surface area contributed by atoms with Crippen LogP contribution in [-0.4, -0.2) is 5.11 Å². The van der Waals surface area contributed by atoms with Crippen LogP contribution >= 0.6 is 0 Å². The second-order valence-corrected chi connectivity index (χ2v) is 6.50. The topological polar surface area (TPSA) is 20.2 Å². The van der Waals surface area contributed by atoms with E-state index in [-0.39, 0.29) is 11.5 Å². The van der Waals surface area contributed by atoms with Gasteiger partial charge >= 0.3 is 0 Å². The minimum absolute atomic E-state index is 0.246. The van der Waals surface area contributed by atoms with Gasteiger partial charge < -0.3 is 5.11 Å². The smallest absolute Gasteiger partial charge is 0.0829 e. The average Bonchev–Trinajstić information content (AvgIpc) is 2.77. The molecule has 0 aliphatic heterocycles. The first-order chi connectivity index (χ1) is 9.09. The molecular weight excluding hydrogens is 232 g/mol. The first kappa shape index (κ1) is 12.7. The minimum Gasteiger partial charge on any atom is -0.388 e. The van der Waals surface area contributed by atoms with Crippen LogP contribution in [0, 0.1) is 11.3 Å². The van der Waals surface area contributed by atoms with Gasteiger partial charge in [0.15, 0.2) is 0 Å². The Morgan fingerprint density at radius 2 is 1.84 bits per heavy atom. The van der Waals surface area contributed by atoms with Gasteiger partial charge in [0.1, 0.15) is 0 Å². The van der Waals surface area contributed by atoms with Gasteiger partial charge in [-0.2, -0.15) is 0 Å². The zero-order chi connectivity index (χ0) is 13.5. The van der Waals surface area contributed by atoms with Crippen LogP contribution in [0.1, 0.15) is 44.8 Å². The molecule has 1 saturated carbocycles. The standard InChI is InChI=1S/C18H22O/c1-18(2)12-6-11-16(18)17(19)15-10-5-8-13-7-3-4-9-14(13)15/h3-5,7-10,16-17,19H,6,11-12H2,1-2H3. The van der Waals surface area contributed by atoms with Gasteiger partial charge in [0.25, 0.3) is 0 Å². The van der Waals surface area contributed by atoms with Crippen LogP contribution in [0.25, 0.3) is 10.8 Å². The van der Waals surface area contributed by atoms with Crippen LogP contribution in [0.2, 0.25) is 0 Å². The molecule has 100 valence electrons. The van der Waals surface area contributed by atoms with Crippen molar-refractivity contribution in [3.63, 3.8) is 0 Å². The van der Waals surface area contributed by atoms with E-state index in [1.54, 1.807) is 0 Å². The van der Waals surface area contributed by atoms with Gasteiger partial charge in [-0.15, -0.1) is 0 Å². The predicted molar refractivity (Wildman–Crippen MR) is 80.0 cm³/mol. The second-order valence-electron chi connectivity index (χ2n) is 6.50. The van der Waals surface area contributed by atoms with E-state index in [1.807, 2.05) is 0 Å². The number of aliphatic hydroxyl groups is 1. The summed E-state index contributed by atoms with van der Waals surface area (Å²) in [5.41, 5.74) is 1.34. The van der Waals surface area contributed by atoms with Gasteiger partial charge in [-0.25, -0.2) is 0 Å². The van der Waals surface area contributed by atoms with Gasteiger partial charge in [-0.05, 0) is 40.5 Å². The quantitative estimate of drug-likeness (QED) is 0.823. The molecule has 1 nitrogen and oxygen atoms in total. The zero-order valence-corrected chi connectivity index (χ0v) is 11.8. The second kappa shape index (κ2) is 4.64. The Morgan fingerprint density at radius 3 is 2.58 bits per heavy atom. The lowest BCUT2D eigenvalue weighted by Crippen LogP contribution is -2.24. The number of hydrogen-bond acceptors (Lipinski definition) is 1. The molecule has 19 heavy (non-hydrogen) atoms. The Hall–Kier alpha value is -1.34. The maximum absolute atomic E-state index is 10.9. The summed E-state index contributed by atoms with van der Waals surface area (Å²) in [7, 11) is 0. The van der Waals surface area contributed by atoms with Crippen molar-refractivity contribution in [1.29, 1.82) is 0 Å². The molecular formula is C18H22O. The van der Waals surface area contributed by atoms with E-state index in [9.17, 15) is 5.11 Å². The molecule has 0 saturated heterocycles. The van der Waals surface area contributed by atoms with Crippen molar-refractivity contribution in [2.75, 3.05) is 0 Å². The molecule has 0 bridgehead atoms. The highest BCUT2D eigenvalue weighted by molar-refractivity contribution is 5.86. The third-order valence-corrected chi connectivity index (χ3v) is 4.86.